The lowest BCUT2D eigenvalue weighted by Crippen LogP contribution is -2.58. The topological polar surface area (TPSA) is 70.2 Å². The largest absolute Gasteiger partial charge is 0.353 e. The molecule has 0 aromatic heterocycles. The second kappa shape index (κ2) is 5.85. The van der Waals surface area contributed by atoms with Gasteiger partial charge in [0, 0.05) is 17.2 Å². The molecular weight excluding hydrogens is 274 g/mol. The number of hydrogen-bond donors (Lipinski definition) is 3. The second-order valence-corrected chi connectivity index (χ2v) is 6.11. The zero-order valence-corrected chi connectivity index (χ0v) is 11.8. The molecule has 2 atom stereocenters. The second-order valence-electron chi connectivity index (χ2n) is 4.97. The van der Waals surface area contributed by atoms with E-state index in [-0.39, 0.29) is 30.4 Å². The molecule has 2 amide bonds. The van der Waals surface area contributed by atoms with E-state index in [0.717, 1.165) is 12.2 Å². The first-order chi connectivity index (χ1) is 9.74. The normalized spacial score (nSPS) is 25.5. The van der Waals surface area contributed by atoms with Crippen LogP contribution in [0.3, 0.4) is 0 Å². The average molecular weight is 291 g/mol. The zero-order valence-electron chi connectivity index (χ0n) is 11.0. The van der Waals surface area contributed by atoms with Crippen molar-refractivity contribution in [1.82, 2.24) is 16.0 Å². The molecular formula is C14H17N3O2S. The summed E-state index contributed by atoms with van der Waals surface area (Å²) in [5, 5.41) is 8.75. The summed E-state index contributed by atoms with van der Waals surface area (Å²) >= 11 is 1.83. The molecule has 2 aliphatic rings. The van der Waals surface area contributed by atoms with Crippen LogP contribution in [0.15, 0.2) is 29.2 Å². The number of hydrogen-bond acceptors (Lipinski definition) is 4. The fourth-order valence-electron chi connectivity index (χ4n) is 2.52. The van der Waals surface area contributed by atoms with Gasteiger partial charge in [-0.25, -0.2) is 0 Å². The number of thioether (sulfide) groups is 1. The van der Waals surface area contributed by atoms with E-state index in [0.29, 0.717) is 6.54 Å². The minimum Gasteiger partial charge on any atom is -0.353 e. The van der Waals surface area contributed by atoms with E-state index in [1.165, 1.54) is 10.5 Å². The highest BCUT2D eigenvalue weighted by atomic mass is 32.2. The van der Waals surface area contributed by atoms with E-state index >= 15 is 0 Å². The molecule has 0 aliphatic carbocycles. The van der Waals surface area contributed by atoms with Gasteiger partial charge >= 0.3 is 0 Å². The van der Waals surface area contributed by atoms with Gasteiger partial charge in [-0.3, -0.25) is 14.9 Å². The third-order valence-corrected chi connectivity index (χ3v) is 4.73. The van der Waals surface area contributed by atoms with Crippen LogP contribution in [-0.2, 0) is 9.59 Å². The molecule has 1 aromatic carbocycles. The van der Waals surface area contributed by atoms with Crippen LogP contribution in [0.2, 0.25) is 0 Å². The van der Waals surface area contributed by atoms with E-state index < -0.39 is 0 Å². The molecule has 0 radical (unpaired) electrons. The maximum atomic E-state index is 12.3. The van der Waals surface area contributed by atoms with Crippen molar-refractivity contribution in [3.8, 4) is 0 Å². The van der Waals surface area contributed by atoms with Crippen LogP contribution in [0.25, 0.3) is 0 Å². The molecule has 1 aromatic rings. The maximum Gasteiger partial charge on any atom is 0.239 e. The molecule has 2 unspecified atom stereocenters. The molecule has 3 N–H and O–H groups in total. The van der Waals surface area contributed by atoms with Crippen molar-refractivity contribution in [2.45, 2.75) is 23.4 Å². The SMILES string of the molecule is O=C1CNC(C(=O)NC2CCSc3ccccc32)CN1. The van der Waals surface area contributed by atoms with Crippen LogP contribution in [0.1, 0.15) is 18.0 Å². The minimum absolute atomic E-state index is 0.0447. The predicted molar refractivity (Wildman–Crippen MR) is 77.5 cm³/mol. The van der Waals surface area contributed by atoms with Crippen molar-refractivity contribution in [1.29, 1.82) is 0 Å². The molecule has 1 saturated heterocycles. The summed E-state index contributed by atoms with van der Waals surface area (Å²) in [5.41, 5.74) is 1.19. The van der Waals surface area contributed by atoms with E-state index in [2.05, 4.69) is 28.1 Å². The van der Waals surface area contributed by atoms with Crippen molar-refractivity contribution in [2.75, 3.05) is 18.8 Å². The molecule has 0 spiro atoms. The van der Waals surface area contributed by atoms with Crippen LogP contribution in [0.4, 0.5) is 0 Å². The lowest BCUT2D eigenvalue weighted by Gasteiger charge is -2.29. The monoisotopic (exact) mass is 291 g/mol. The van der Waals surface area contributed by atoms with Gasteiger partial charge in [0.25, 0.3) is 0 Å². The lowest BCUT2D eigenvalue weighted by atomic mass is 10.0. The van der Waals surface area contributed by atoms with E-state index in [4.69, 9.17) is 0 Å². The number of carbonyl (C=O) groups is 2. The number of piperazine rings is 1. The Balaban J connectivity index is 1.66. The summed E-state index contributed by atoms with van der Waals surface area (Å²) in [4.78, 5) is 24.6. The van der Waals surface area contributed by atoms with Gasteiger partial charge in [-0.05, 0) is 18.1 Å². The Morgan fingerprint density at radius 1 is 1.35 bits per heavy atom. The van der Waals surface area contributed by atoms with Crippen molar-refractivity contribution in [3.05, 3.63) is 29.8 Å². The quantitative estimate of drug-likeness (QED) is 0.739. The van der Waals surface area contributed by atoms with Gasteiger partial charge in [0.2, 0.25) is 11.8 Å². The van der Waals surface area contributed by atoms with Crippen LogP contribution in [-0.4, -0.2) is 36.7 Å². The summed E-state index contributed by atoms with van der Waals surface area (Å²) < 4.78 is 0. The standard InChI is InChI=1S/C14H17N3O2S/c18-13-8-15-11(7-16-13)14(19)17-10-5-6-20-12-4-2-1-3-9(10)12/h1-4,10-11,15H,5-8H2,(H,16,18)(H,17,19). The van der Waals surface area contributed by atoms with Crippen molar-refractivity contribution in [2.24, 2.45) is 0 Å². The van der Waals surface area contributed by atoms with Gasteiger partial charge in [-0.2, -0.15) is 0 Å². The van der Waals surface area contributed by atoms with Crippen LogP contribution in [0.5, 0.6) is 0 Å². The van der Waals surface area contributed by atoms with Crippen molar-refractivity contribution < 1.29 is 9.59 Å². The van der Waals surface area contributed by atoms with E-state index in [1.54, 1.807) is 0 Å². The van der Waals surface area contributed by atoms with Crippen LogP contribution in [0, 0.1) is 0 Å². The maximum absolute atomic E-state index is 12.3. The average Bonchev–Trinajstić information content (AvgIpc) is 2.48. The predicted octanol–water partition coefficient (Wildman–Crippen LogP) is 0.428. The molecule has 1 fully saturated rings. The minimum atomic E-state index is -0.338. The summed E-state index contributed by atoms with van der Waals surface area (Å²) in [6.07, 6.45) is 0.937. The molecule has 20 heavy (non-hydrogen) atoms. The summed E-state index contributed by atoms with van der Waals surface area (Å²) in [6, 6.07) is 7.92. The van der Waals surface area contributed by atoms with Gasteiger partial charge in [0.15, 0.2) is 0 Å². The molecule has 3 rings (SSSR count). The Morgan fingerprint density at radius 3 is 3.00 bits per heavy atom. The van der Waals surface area contributed by atoms with Gasteiger partial charge in [-0.1, -0.05) is 18.2 Å². The molecule has 106 valence electrons. The molecule has 6 heteroatoms. The Morgan fingerprint density at radius 2 is 2.20 bits per heavy atom. The fraction of sp³-hybridized carbons (Fsp3) is 0.429. The molecule has 0 bridgehead atoms. The number of benzene rings is 1. The number of nitrogens with one attached hydrogen (secondary N) is 3. The lowest BCUT2D eigenvalue weighted by molar-refractivity contribution is -0.127. The fourth-order valence-corrected chi connectivity index (χ4v) is 3.64. The van der Waals surface area contributed by atoms with Gasteiger partial charge in [-0.15, -0.1) is 11.8 Å². The van der Waals surface area contributed by atoms with Crippen molar-refractivity contribution in [3.63, 3.8) is 0 Å². The number of carbonyl (C=O) groups excluding carboxylic acids is 2. The van der Waals surface area contributed by atoms with Gasteiger partial charge < -0.3 is 10.6 Å². The third-order valence-electron chi connectivity index (χ3n) is 3.60. The molecule has 0 saturated carbocycles. The van der Waals surface area contributed by atoms with E-state index in [1.807, 2.05) is 23.9 Å². The molecule has 5 nitrogen and oxygen atoms in total. The van der Waals surface area contributed by atoms with Crippen molar-refractivity contribution >= 4 is 23.6 Å². The first kappa shape index (κ1) is 13.5. The summed E-state index contributed by atoms with van der Waals surface area (Å²) in [7, 11) is 0. The summed E-state index contributed by atoms with van der Waals surface area (Å²) in [6.45, 7) is 0.559. The first-order valence-electron chi connectivity index (χ1n) is 6.76. The number of amides is 2. The summed E-state index contributed by atoms with van der Waals surface area (Å²) in [5.74, 6) is 0.904. The molecule has 2 heterocycles. The highest BCUT2D eigenvalue weighted by molar-refractivity contribution is 7.99. The Hall–Kier alpha value is -1.53. The number of fused-ring (bicyclic) bond motifs is 1. The van der Waals surface area contributed by atoms with Gasteiger partial charge in [0.1, 0.15) is 6.04 Å². The van der Waals surface area contributed by atoms with E-state index in [9.17, 15) is 9.59 Å². The van der Waals surface area contributed by atoms with Gasteiger partial charge in [0.05, 0.1) is 12.6 Å². The van der Waals surface area contributed by atoms with Crippen LogP contribution >= 0.6 is 11.8 Å². The Bertz CT molecular complexity index is 525. The highest BCUT2D eigenvalue weighted by Gasteiger charge is 2.27. The Labute approximate surface area is 121 Å². The van der Waals surface area contributed by atoms with Crippen LogP contribution < -0.4 is 16.0 Å². The third kappa shape index (κ3) is 2.81. The smallest absolute Gasteiger partial charge is 0.239 e. The molecule has 2 aliphatic heterocycles. The zero-order chi connectivity index (χ0) is 13.9. The highest BCUT2D eigenvalue weighted by Crippen LogP contribution is 2.35. The Kier molecular flexibility index (Phi) is 3.93. The number of rotatable bonds is 2. The first-order valence-corrected chi connectivity index (χ1v) is 7.75.